The summed E-state index contributed by atoms with van der Waals surface area (Å²) >= 11 is 0. The molecule has 2 aromatic rings. The zero-order valence-electron chi connectivity index (χ0n) is 11.5. The topological polar surface area (TPSA) is 81.1 Å². The summed E-state index contributed by atoms with van der Waals surface area (Å²) in [5.74, 6) is -0.0989. The highest BCUT2D eigenvalue weighted by Crippen LogP contribution is 2.08. The van der Waals surface area contributed by atoms with Crippen LogP contribution in [0.2, 0.25) is 0 Å². The molecule has 0 bridgehead atoms. The molecule has 1 aliphatic rings. The number of anilines is 1. The fourth-order valence-corrected chi connectivity index (χ4v) is 2.15. The third kappa shape index (κ3) is 3.65. The molecule has 3 rings (SSSR count). The number of nitrogens with one attached hydrogen (secondary N) is 2. The van der Waals surface area contributed by atoms with Gasteiger partial charge in [0.2, 0.25) is 5.91 Å². The number of aromatic nitrogens is 3. The van der Waals surface area contributed by atoms with Gasteiger partial charge < -0.3 is 15.4 Å². The van der Waals surface area contributed by atoms with E-state index < -0.39 is 0 Å². The Labute approximate surface area is 122 Å². The third-order valence-electron chi connectivity index (χ3n) is 3.23. The van der Waals surface area contributed by atoms with E-state index in [-0.39, 0.29) is 11.9 Å². The van der Waals surface area contributed by atoms with Gasteiger partial charge in [-0.25, -0.2) is 0 Å². The van der Waals surface area contributed by atoms with Crippen molar-refractivity contribution in [3.63, 3.8) is 0 Å². The number of ether oxygens (including phenoxy) is 1. The van der Waals surface area contributed by atoms with Gasteiger partial charge in [-0.2, -0.15) is 5.10 Å². The maximum absolute atomic E-state index is 12.0. The molecule has 2 aromatic heterocycles. The van der Waals surface area contributed by atoms with Gasteiger partial charge in [-0.05, 0) is 17.7 Å². The minimum atomic E-state index is -0.303. The van der Waals surface area contributed by atoms with Crippen LogP contribution in [0.5, 0.6) is 0 Å². The molecular formula is C14H17N5O2. The van der Waals surface area contributed by atoms with Gasteiger partial charge in [-0.1, -0.05) is 0 Å². The summed E-state index contributed by atoms with van der Waals surface area (Å²) in [5.41, 5.74) is 1.79. The molecule has 0 spiro atoms. The lowest BCUT2D eigenvalue weighted by Crippen LogP contribution is -2.48. The van der Waals surface area contributed by atoms with Crippen LogP contribution >= 0.6 is 0 Å². The lowest BCUT2D eigenvalue weighted by molar-refractivity contribution is -0.120. The Morgan fingerprint density at radius 3 is 3.10 bits per heavy atom. The Morgan fingerprint density at radius 2 is 2.33 bits per heavy atom. The van der Waals surface area contributed by atoms with Crippen LogP contribution in [0.1, 0.15) is 5.56 Å². The predicted molar refractivity (Wildman–Crippen MR) is 76.8 cm³/mol. The number of rotatable bonds is 4. The number of morpholine rings is 1. The van der Waals surface area contributed by atoms with Crippen molar-refractivity contribution in [3.8, 4) is 0 Å². The van der Waals surface area contributed by atoms with E-state index in [0.29, 0.717) is 32.0 Å². The maximum Gasteiger partial charge on any atom is 0.243 e. The highest BCUT2D eigenvalue weighted by molar-refractivity contribution is 5.94. The van der Waals surface area contributed by atoms with Crippen LogP contribution in [0.15, 0.2) is 36.9 Å². The van der Waals surface area contributed by atoms with E-state index in [9.17, 15) is 4.79 Å². The quantitative estimate of drug-likeness (QED) is 0.842. The molecule has 0 aromatic carbocycles. The van der Waals surface area contributed by atoms with E-state index >= 15 is 0 Å². The maximum atomic E-state index is 12.0. The summed E-state index contributed by atoms with van der Waals surface area (Å²) < 4.78 is 7.05. The summed E-state index contributed by atoms with van der Waals surface area (Å²) in [5, 5.41) is 10.2. The van der Waals surface area contributed by atoms with Crippen LogP contribution in [0.4, 0.5) is 5.69 Å². The van der Waals surface area contributed by atoms with Gasteiger partial charge >= 0.3 is 0 Å². The van der Waals surface area contributed by atoms with Gasteiger partial charge in [-0.3, -0.25) is 14.5 Å². The normalized spacial score (nSPS) is 18.4. The first-order chi connectivity index (χ1) is 10.3. The van der Waals surface area contributed by atoms with Crippen LogP contribution in [0, 0.1) is 0 Å². The molecule has 1 saturated heterocycles. The Hall–Kier alpha value is -2.25. The van der Waals surface area contributed by atoms with Crippen molar-refractivity contribution in [1.29, 1.82) is 0 Å². The predicted octanol–water partition coefficient (Wildman–Crippen LogP) is 0.253. The number of carbonyl (C=O) groups excluding carboxylic acids is 1. The summed E-state index contributed by atoms with van der Waals surface area (Å²) in [7, 11) is 0. The first-order valence-electron chi connectivity index (χ1n) is 6.84. The molecule has 1 amide bonds. The SMILES string of the molecule is O=C(Nc1cnn(Cc2ccncc2)c1)C1COCCN1. The highest BCUT2D eigenvalue weighted by atomic mass is 16.5. The van der Waals surface area contributed by atoms with Crippen molar-refractivity contribution in [2.45, 2.75) is 12.6 Å². The first-order valence-corrected chi connectivity index (χ1v) is 6.84. The zero-order chi connectivity index (χ0) is 14.5. The van der Waals surface area contributed by atoms with E-state index in [1.807, 2.05) is 18.3 Å². The van der Waals surface area contributed by atoms with E-state index in [4.69, 9.17) is 4.74 Å². The number of hydrogen-bond acceptors (Lipinski definition) is 5. The van der Waals surface area contributed by atoms with Crippen molar-refractivity contribution in [3.05, 3.63) is 42.5 Å². The third-order valence-corrected chi connectivity index (χ3v) is 3.23. The molecule has 21 heavy (non-hydrogen) atoms. The monoisotopic (exact) mass is 287 g/mol. The van der Waals surface area contributed by atoms with Gasteiger partial charge in [0, 0.05) is 25.1 Å². The molecule has 1 atom stereocenters. The molecule has 1 fully saturated rings. The molecule has 7 heteroatoms. The summed E-state index contributed by atoms with van der Waals surface area (Å²) in [6, 6.07) is 3.56. The van der Waals surface area contributed by atoms with Gasteiger partial charge in [0.25, 0.3) is 0 Å². The lowest BCUT2D eigenvalue weighted by atomic mass is 10.2. The largest absolute Gasteiger partial charge is 0.378 e. The number of nitrogens with zero attached hydrogens (tertiary/aromatic N) is 3. The minimum absolute atomic E-state index is 0.0989. The number of amides is 1. The van der Waals surface area contributed by atoms with Gasteiger partial charge in [-0.15, -0.1) is 0 Å². The Kier molecular flexibility index (Phi) is 4.23. The average Bonchev–Trinajstić information content (AvgIpc) is 2.96. The van der Waals surface area contributed by atoms with Crippen molar-refractivity contribution < 1.29 is 9.53 Å². The number of pyridine rings is 1. The number of carbonyl (C=O) groups is 1. The first kappa shape index (κ1) is 13.7. The van der Waals surface area contributed by atoms with Crippen molar-refractivity contribution >= 4 is 11.6 Å². The van der Waals surface area contributed by atoms with Gasteiger partial charge in [0.1, 0.15) is 6.04 Å². The highest BCUT2D eigenvalue weighted by Gasteiger charge is 2.21. The van der Waals surface area contributed by atoms with Crippen LogP contribution in [0.3, 0.4) is 0 Å². The van der Waals surface area contributed by atoms with Crippen LogP contribution in [-0.2, 0) is 16.1 Å². The summed E-state index contributed by atoms with van der Waals surface area (Å²) in [6.07, 6.45) is 6.94. The molecule has 1 unspecified atom stereocenters. The van der Waals surface area contributed by atoms with Gasteiger partial charge in [0.05, 0.1) is 31.6 Å². The van der Waals surface area contributed by atoms with E-state index in [1.54, 1.807) is 23.3 Å². The average molecular weight is 287 g/mol. The van der Waals surface area contributed by atoms with Crippen molar-refractivity contribution in [2.24, 2.45) is 0 Å². The van der Waals surface area contributed by atoms with Crippen LogP contribution in [0.25, 0.3) is 0 Å². The van der Waals surface area contributed by atoms with Gasteiger partial charge in [0.15, 0.2) is 0 Å². The molecule has 7 nitrogen and oxygen atoms in total. The van der Waals surface area contributed by atoms with E-state index in [0.717, 1.165) is 5.56 Å². The summed E-state index contributed by atoms with van der Waals surface area (Å²) in [4.78, 5) is 16.0. The van der Waals surface area contributed by atoms with E-state index in [2.05, 4.69) is 20.7 Å². The molecule has 0 radical (unpaired) electrons. The lowest BCUT2D eigenvalue weighted by Gasteiger charge is -2.22. The minimum Gasteiger partial charge on any atom is -0.378 e. The molecule has 2 N–H and O–H groups in total. The molecule has 3 heterocycles. The van der Waals surface area contributed by atoms with Crippen molar-refractivity contribution in [2.75, 3.05) is 25.1 Å². The Bertz CT molecular complexity index is 592. The standard InChI is InChI=1S/C14H17N5O2/c20-14(13-10-21-6-5-16-13)18-12-7-17-19(9-12)8-11-1-3-15-4-2-11/h1-4,7,9,13,16H,5-6,8,10H2,(H,18,20). The Balaban J connectivity index is 1.58. The summed E-state index contributed by atoms with van der Waals surface area (Å²) in [6.45, 7) is 2.38. The fourth-order valence-electron chi connectivity index (χ4n) is 2.15. The molecule has 0 saturated carbocycles. The fraction of sp³-hybridized carbons (Fsp3) is 0.357. The number of hydrogen-bond donors (Lipinski definition) is 2. The zero-order valence-corrected chi connectivity index (χ0v) is 11.5. The van der Waals surface area contributed by atoms with Crippen LogP contribution in [-0.4, -0.2) is 46.5 Å². The Morgan fingerprint density at radius 1 is 1.48 bits per heavy atom. The second kappa shape index (κ2) is 6.47. The molecule has 0 aliphatic carbocycles. The molecule has 110 valence electrons. The smallest absolute Gasteiger partial charge is 0.243 e. The van der Waals surface area contributed by atoms with E-state index in [1.165, 1.54) is 0 Å². The molecule has 1 aliphatic heterocycles. The second-order valence-electron chi connectivity index (χ2n) is 4.85. The van der Waals surface area contributed by atoms with Crippen LogP contribution < -0.4 is 10.6 Å². The second-order valence-corrected chi connectivity index (χ2v) is 4.85. The van der Waals surface area contributed by atoms with Crippen molar-refractivity contribution in [1.82, 2.24) is 20.1 Å². The molecular weight excluding hydrogens is 270 g/mol.